The van der Waals surface area contributed by atoms with E-state index in [4.69, 9.17) is 0 Å². The van der Waals surface area contributed by atoms with Crippen LogP contribution in [0.25, 0.3) is 0 Å². The lowest BCUT2D eigenvalue weighted by molar-refractivity contribution is 0.356. The minimum atomic E-state index is -2.73. The molecule has 2 aliphatic rings. The highest BCUT2D eigenvalue weighted by atomic mass is 32.2. The SMILES string of the molecule is CC1(C)CCC(NC2CCS(=O)(=O)C2)C1. The highest BCUT2D eigenvalue weighted by Crippen LogP contribution is 2.37. The zero-order valence-electron chi connectivity index (χ0n) is 9.62. The van der Waals surface area contributed by atoms with E-state index in [1.807, 2.05) is 0 Å². The summed E-state index contributed by atoms with van der Waals surface area (Å²) in [5.41, 5.74) is 0.440. The van der Waals surface area contributed by atoms with Crippen molar-refractivity contribution in [2.75, 3.05) is 11.5 Å². The topological polar surface area (TPSA) is 46.2 Å². The number of rotatable bonds is 2. The van der Waals surface area contributed by atoms with Crippen LogP contribution in [0.3, 0.4) is 0 Å². The molecule has 1 aliphatic heterocycles. The predicted octanol–water partition coefficient (Wildman–Crippen LogP) is 1.34. The van der Waals surface area contributed by atoms with Crippen molar-refractivity contribution in [2.24, 2.45) is 5.41 Å². The van der Waals surface area contributed by atoms with Gasteiger partial charge in [0.15, 0.2) is 9.84 Å². The molecule has 0 bridgehead atoms. The van der Waals surface area contributed by atoms with Gasteiger partial charge in [0.2, 0.25) is 0 Å². The van der Waals surface area contributed by atoms with Crippen LogP contribution in [0.4, 0.5) is 0 Å². The maximum absolute atomic E-state index is 11.3. The Morgan fingerprint density at radius 3 is 2.40 bits per heavy atom. The molecular weight excluding hydrogens is 210 g/mol. The Balaban J connectivity index is 1.85. The molecule has 2 rings (SSSR count). The second-order valence-corrected chi connectivity index (χ2v) is 8.10. The first-order valence-electron chi connectivity index (χ1n) is 5.83. The van der Waals surface area contributed by atoms with Crippen molar-refractivity contribution < 1.29 is 8.42 Å². The smallest absolute Gasteiger partial charge is 0.151 e. The van der Waals surface area contributed by atoms with Crippen molar-refractivity contribution in [1.29, 1.82) is 0 Å². The van der Waals surface area contributed by atoms with E-state index in [0.717, 1.165) is 6.42 Å². The number of hydrogen-bond donors (Lipinski definition) is 1. The summed E-state index contributed by atoms with van der Waals surface area (Å²) in [6.07, 6.45) is 4.44. The zero-order chi connectivity index (χ0) is 11.1. The molecule has 2 fully saturated rings. The van der Waals surface area contributed by atoms with Crippen LogP contribution in [-0.2, 0) is 9.84 Å². The van der Waals surface area contributed by atoms with Crippen LogP contribution in [0, 0.1) is 5.41 Å². The molecule has 0 aromatic rings. The van der Waals surface area contributed by atoms with Crippen molar-refractivity contribution in [3.8, 4) is 0 Å². The quantitative estimate of drug-likeness (QED) is 0.780. The number of hydrogen-bond acceptors (Lipinski definition) is 3. The molecule has 1 heterocycles. The monoisotopic (exact) mass is 231 g/mol. The largest absolute Gasteiger partial charge is 0.310 e. The van der Waals surface area contributed by atoms with Gasteiger partial charge < -0.3 is 5.32 Å². The van der Waals surface area contributed by atoms with Crippen LogP contribution >= 0.6 is 0 Å². The van der Waals surface area contributed by atoms with Crippen LogP contribution in [-0.4, -0.2) is 32.0 Å². The van der Waals surface area contributed by atoms with Gasteiger partial charge in [-0.2, -0.15) is 0 Å². The van der Waals surface area contributed by atoms with Gasteiger partial charge in [0.25, 0.3) is 0 Å². The van der Waals surface area contributed by atoms with E-state index in [2.05, 4.69) is 19.2 Å². The van der Waals surface area contributed by atoms with Gasteiger partial charge >= 0.3 is 0 Å². The van der Waals surface area contributed by atoms with E-state index in [-0.39, 0.29) is 6.04 Å². The molecule has 0 radical (unpaired) electrons. The third-order valence-corrected chi connectivity index (χ3v) is 5.44. The van der Waals surface area contributed by atoms with Gasteiger partial charge in [-0.3, -0.25) is 0 Å². The van der Waals surface area contributed by atoms with Crippen LogP contribution in [0.1, 0.15) is 39.5 Å². The van der Waals surface area contributed by atoms with Crippen LogP contribution in [0.5, 0.6) is 0 Å². The first-order valence-corrected chi connectivity index (χ1v) is 7.65. The fourth-order valence-corrected chi connectivity index (χ4v) is 4.52. The van der Waals surface area contributed by atoms with Gasteiger partial charge in [-0.15, -0.1) is 0 Å². The van der Waals surface area contributed by atoms with Gasteiger partial charge in [-0.1, -0.05) is 13.8 Å². The van der Waals surface area contributed by atoms with Gasteiger partial charge in [0.05, 0.1) is 11.5 Å². The Morgan fingerprint density at radius 2 is 1.93 bits per heavy atom. The Hall–Kier alpha value is -0.0900. The average molecular weight is 231 g/mol. The summed E-state index contributed by atoms with van der Waals surface area (Å²) < 4.78 is 22.6. The molecule has 2 atom stereocenters. The molecule has 0 aromatic heterocycles. The summed E-state index contributed by atoms with van der Waals surface area (Å²) >= 11 is 0. The molecule has 0 aromatic carbocycles. The van der Waals surface area contributed by atoms with Crippen LogP contribution in [0.2, 0.25) is 0 Å². The Morgan fingerprint density at radius 1 is 1.20 bits per heavy atom. The molecule has 1 aliphatic carbocycles. The summed E-state index contributed by atoms with van der Waals surface area (Å²) in [5.74, 6) is 0.727. The Kier molecular flexibility index (Phi) is 2.84. The van der Waals surface area contributed by atoms with E-state index in [0.29, 0.717) is 23.0 Å². The molecule has 1 saturated heterocycles. The van der Waals surface area contributed by atoms with Crippen molar-refractivity contribution in [1.82, 2.24) is 5.32 Å². The first-order chi connectivity index (χ1) is 6.86. The summed E-state index contributed by atoms with van der Waals surface area (Å²) in [6, 6.07) is 0.757. The Bertz CT molecular complexity index is 334. The highest BCUT2D eigenvalue weighted by Gasteiger charge is 2.34. The summed E-state index contributed by atoms with van der Waals surface area (Å²) in [4.78, 5) is 0. The maximum atomic E-state index is 11.3. The third kappa shape index (κ3) is 2.94. The molecule has 88 valence electrons. The minimum absolute atomic E-state index is 0.217. The summed E-state index contributed by atoms with van der Waals surface area (Å²) in [6.45, 7) is 4.58. The van der Waals surface area contributed by atoms with E-state index in [1.54, 1.807) is 0 Å². The van der Waals surface area contributed by atoms with Crippen molar-refractivity contribution in [3.63, 3.8) is 0 Å². The van der Waals surface area contributed by atoms with Gasteiger partial charge in [0, 0.05) is 12.1 Å². The standard InChI is InChI=1S/C11H21NO2S/c1-11(2)5-3-9(7-11)12-10-4-6-15(13,14)8-10/h9-10,12H,3-8H2,1-2H3. The molecule has 4 heteroatoms. The molecule has 1 saturated carbocycles. The minimum Gasteiger partial charge on any atom is -0.310 e. The molecule has 2 unspecified atom stereocenters. The lowest BCUT2D eigenvalue weighted by atomic mass is 9.92. The molecule has 0 amide bonds. The zero-order valence-corrected chi connectivity index (χ0v) is 10.4. The maximum Gasteiger partial charge on any atom is 0.151 e. The first kappa shape index (κ1) is 11.4. The Labute approximate surface area is 92.6 Å². The fraction of sp³-hybridized carbons (Fsp3) is 1.00. The van der Waals surface area contributed by atoms with E-state index < -0.39 is 9.84 Å². The van der Waals surface area contributed by atoms with Gasteiger partial charge in [-0.05, 0) is 31.1 Å². The lowest BCUT2D eigenvalue weighted by Gasteiger charge is -2.20. The summed E-state index contributed by atoms with van der Waals surface area (Å²) in [5, 5.41) is 3.51. The normalized spacial score (nSPS) is 38.3. The second kappa shape index (κ2) is 3.74. The second-order valence-electron chi connectivity index (χ2n) is 5.87. The molecule has 3 nitrogen and oxygen atoms in total. The van der Waals surface area contributed by atoms with Gasteiger partial charge in [-0.25, -0.2) is 8.42 Å². The fourth-order valence-electron chi connectivity index (χ4n) is 2.84. The van der Waals surface area contributed by atoms with Gasteiger partial charge in [0.1, 0.15) is 0 Å². The van der Waals surface area contributed by atoms with E-state index in [1.165, 1.54) is 19.3 Å². The van der Waals surface area contributed by atoms with E-state index in [9.17, 15) is 8.42 Å². The molecule has 15 heavy (non-hydrogen) atoms. The number of nitrogens with one attached hydrogen (secondary N) is 1. The summed E-state index contributed by atoms with van der Waals surface area (Å²) in [7, 11) is -2.73. The lowest BCUT2D eigenvalue weighted by Crippen LogP contribution is -2.38. The van der Waals surface area contributed by atoms with E-state index >= 15 is 0 Å². The average Bonchev–Trinajstić information content (AvgIpc) is 2.56. The highest BCUT2D eigenvalue weighted by molar-refractivity contribution is 7.91. The van der Waals surface area contributed by atoms with Crippen LogP contribution in [0.15, 0.2) is 0 Å². The number of sulfone groups is 1. The van der Waals surface area contributed by atoms with Crippen molar-refractivity contribution in [2.45, 2.75) is 51.6 Å². The predicted molar refractivity (Wildman–Crippen MR) is 61.6 cm³/mol. The molecular formula is C11H21NO2S. The van der Waals surface area contributed by atoms with Crippen molar-refractivity contribution in [3.05, 3.63) is 0 Å². The van der Waals surface area contributed by atoms with Crippen LogP contribution < -0.4 is 5.32 Å². The molecule has 0 spiro atoms. The van der Waals surface area contributed by atoms with Crippen molar-refractivity contribution >= 4 is 9.84 Å². The molecule has 1 N–H and O–H groups in total. The third-order valence-electron chi connectivity index (χ3n) is 3.67.